The van der Waals surface area contributed by atoms with Crippen LogP contribution >= 0.6 is 0 Å². The summed E-state index contributed by atoms with van der Waals surface area (Å²) in [5.74, 6) is 0.567. The summed E-state index contributed by atoms with van der Waals surface area (Å²) in [7, 11) is 0. The Morgan fingerprint density at radius 1 is 1.25 bits per heavy atom. The van der Waals surface area contributed by atoms with Crippen LogP contribution in [0.3, 0.4) is 0 Å². The van der Waals surface area contributed by atoms with Crippen molar-refractivity contribution in [3.63, 3.8) is 0 Å². The molecule has 1 aliphatic carbocycles. The molecule has 0 amide bonds. The number of nitrogens with zero attached hydrogens (tertiary/aromatic N) is 3. The fourth-order valence-corrected chi connectivity index (χ4v) is 4.07. The largest absolute Gasteiger partial charge is 0.303 e. The van der Waals surface area contributed by atoms with Gasteiger partial charge in [0.2, 0.25) is 0 Å². The fraction of sp³-hybridized carbons (Fsp3) is 0.333. The Hall–Kier alpha value is -2.60. The Kier molecular flexibility index (Phi) is 3.82. The summed E-state index contributed by atoms with van der Waals surface area (Å²) in [6, 6.07) is 15.4. The zero-order chi connectivity index (χ0) is 16.5. The SMILES string of the molecule is Cc1nc2c(CC3CCCc4ccccc43)cccn2c1CC#N. The van der Waals surface area contributed by atoms with Crippen LogP contribution in [0.1, 0.15) is 46.8 Å². The van der Waals surface area contributed by atoms with Gasteiger partial charge < -0.3 is 4.40 Å². The van der Waals surface area contributed by atoms with E-state index in [1.807, 2.05) is 13.1 Å². The van der Waals surface area contributed by atoms with Crippen LogP contribution in [0.2, 0.25) is 0 Å². The molecule has 0 bridgehead atoms. The molecule has 120 valence electrons. The van der Waals surface area contributed by atoms with Crippen molar-refractivity contribution in [3.8, 4) is 6.07 Å². The van der Waals surface area contributed by atoms with Crippen molar-refractivity contribution in [2.24, 2.45) is 0 Å². The highest BCUT2D eigenvalue weighted by Gasteiger charge is 2.21. The van der Waals surface area contributed by atoms with E-state index in [0.717, 1.165) is 23.5 Å². The van der Waals surface area contributed by atoms with Gasteiger partial charge in [0.25, 0.3) is 0 Å². The van der Waals surface area contributed by atoms with Crippen molar-refractivity contribution in [1.29, 1.82) is 5.26 Å². The number of fused-ring (bicyclic) bond motifs is 2. The number of hydrogen-bond acceptors (Lipinski definition) is 2. The van der Waals surface area contributed by atoms with E-state index in [1.54, 1.807) is 0 Å². The Morgan fingerprint density at radius 2 is 2.12 bits per heavy atom. The van der Waals surface area contributed by atoms with Crippen molar-refractivity contribution >= 4 is 5.65 Å². The number of nitriles is 1. The third-order valence-electron chi connectivity index (χ3n) is 5.24. The molecule has 2 aromatic heterocycles. The highest BCUT2D eigenvalue weighted by molar-refractivity contribution is 5.52. The van der Waals surface area contributed by atoms with Crippen LogP contribution in [-0.2, 0) is 19.3 Å². The molecular formula is C21H21N3. The van der Waals surface area contributed by atoms with Gasteiger partial charge >= 0.3 is 0 Å². The molecule has 0 saturated carbocycles. The van der Waals surface area contributed by atoms with Crippen LogP contribution < -0.4 is 0 Å². The van der Waals surface area contributed by atoms with E-state index in [0.29, 0.717) is 12.3 Å². The molecule has 2 heterocycles. The van der Waals surface area contributed by atoms with Gasteiger partial charge in [-0.1, -0.05) is 30.3 Å². The van der Waals surface area contributed by atoms with Gasteiger partial charge in [-0.3, -0.25) is 0 Å². The van der Waals surface area contributed by atoms with Crippen LogP contribution in [0.5, 0.6) is 0 Å². The van der Waals surface area contributed by atoms with Crippen molar-refractivity contribution < 1.29 is 0 Å². The lowest BCUT2D eigenvalue weighted by Crippen LogP contribution is -2.12. The minimum Gasteiger partial charge on any atom is -0.303 e. The average molecular weight is 315 g/mol. The third kappa shape index (κ3) is 2.49. The summed E-state index contributed by atoms with van der Waals surface area (Å²) in [6.07, 6.45) is 7.15. The summed E-state index contributed by atoms with van der Waals surface area (Å²) in [4.78, 5) is 4.76. The molecule has 1 atom stereocenters. The summed E-state index contributed by atoms with van der Waals surface area (Å²) < 4.78 is 2.10. The first kappa shape index (κ1) is 15.0. The number of rotatable bonds is 3. The third-order valence-corrected chi connectivity index (χ3v) is 5.24. The quantitative estimate of drug-likeness (QED) is 0.720. The van der Waals surface area contributed by atoms with Crippen LogP contribution in [0, 0.1) is 18.3 Å². The molecule has 0 N–H and O–H groups in total. The van der Waals surface area contributed by atoms with Crippen LogP contribution in [0.15, 0.2) is 42.6 Å². The normalized spacial score (nSPS) is 16.8. The summed E-state index contributed by atoms with van der Waals surface area (Å²) >= 11 is 0. The zero-order valence-corrected chi connectivity index (χ0v) is 14.0. The molecular weight excluding hydrogens is 294 g/mol. The van der Waals surface area contributed by atoms with E-state index in [-0.39, 0.29) is 0 Å². The van der Waals surface area contributed by atoms with Gasteiger partial charge in [-0.15, -0.1) is 0 Å². The minimum absolute atomic E-state index is 0.405. The maximum Gasteiger partial charge on any atom is 0.140 e. The highest BCUT2D eigenvalue weighted by atomic mass is 15.0. The van der Waals surface area contributed by atoms with Gasteiger partial charge in [-0.2, -0.15) is 5.26 Å². The summed E-state index contributed by atoms with van der Waals surface area (Å²) in [5.41, 5.74) is 7.29. The van der Waals surface area contributed by atoms with Crippen molar-refractivity contribution in [2.45, 2.75) is 44.9 Å². The Morgan fingerprint density at radius 3 is 3.00 bits per heavy atom. The molecule has 1 aromatic carbocycles. The molecule has 0 saturated heterocycles. The van der Waals surface area contributed by atoms with Gasteiger partial charge in [0.1, 0.15) is 5.65 Å². The second-order valence-electron chi connectivity index (χ2n) is 6.70. The van der Waals surface area contributed by atoms with Crippen molar-refractivity contribution in [1.82, 2.24) is 9.38 Å². The maximum absolute atomic E-state index is 9.07. The fourth-order valence-electron chi connectivity index (χ4n) is 4.07. The van der Waals surface area contributed by atoms with Crippen molar-refractivity contribution in [2.75, 3.05) is 0 Å². The van der Waals surface area contributed by atoms with Crippen molar-refractivity contribution in [3.05, 3.63) is 70.7 Å². The topological polar surface area (TPSA) is 41.1 Å². The summed E-state index contributed by atoms with van der Waals surface area (Å²) in [5, 5.41) is 9.07. The number of hydrogen-bond donors (Lipinski definition) is 0. The lowest BCUT2D eigenvalue weighted by Gasteiger charge is -2.25. The smallest absolute Gasteiger partial charge is 0.140 e. The lowest BCUT2D eigenvalue weighted by atomic mass is 9.80. The van der Waals surface area contributed by atoms with Crippen LogP contribution in [-0.4, -0.2) is 9.38 Å². The number of benzene rings is 1. The van der Waals surface area contributed by atoms with E-state index in [4.69, 9.17) is 10.2 Å². The lowest BCUT2D eigenvalue weighted by molar-refractivity contribution is 0.551. The molecule has 24 heavy (non-hydrogen) atoms. The monoisotopic (exact) mass is 315 g/mol. The predicted octanol–water partition coefficient (Wildman–Crippen LogP) is 4.37. The van der Waals surface area contributed by atoms with E-state index in [1.165, 1.54) is 36.0 Å². The van der Waals surface area contributed by atoms with Crippen LogP contribution in [0.4, 0.5) is 0 Å². The minimum atomic E-state index is 0.405. The Balaban J connectivity index is 1.74. The predicted molar refractivity (Wildman–Crippen MR) is 95.1 cm³/mol. The van der Waals surface area contributed by atoms with Gasteiger partial charge in [0, 0.05) is 6.20 Å². The summed E-state index contributed by atoms with van der Waals surface area (Å²) in [6.45, 7) is 2.00. The number of aryl methyl sites for hydroxylation is 2. The van der Waals surface area contributed by atoms with E-state index >= 15 is 0 Å². The molecule has 1 aliphatic rings. The van der Waals surface area contributed by atoms with E-state index in [2.05, 4.69) is 46.9 Å². The second kappa shape index (κ2) is 6.13. The molecule has 3 nitrogen and oxygen atoms in total. The maximum atomic E-state index is 9.07. The van der Waals surface area contributed by atoms with Crippen LogP contribution in [0.25, 0.3) is 5.65 Å². The van der Waals surface area contributed by atoms with Gasteiger partial charge in [0.05, 0.1) is 23.9 Å². The van der Waals surface area contributed by atoms with Gasteiger partial charge in [-0.05, 0) is 61.3 Å². The van der Waals surface area contributed by atoms with E-state index < -0.39 is 0 Å². The zero-order valence-electron chi connectivity index (χ0n) is 14.0. The highest BCUT2D eigenvalue weighted by Crippen LogP contribution is 2.34. The molecule has 1 unspecified atom stereocenters. The molecule has 3 aromatic rings. The molecule has 0 radical (unpaired) electrons. The molecule has 0 aliphatic heterocycles. The first-order valence-electron chi connectivity index (χ1n) is 8.68. The molecule has 0 fully saturated rings. The first-order chi connectivity index (χ1) is 11.8. The number of pyridine rings is 1. The van der Waals surface area contributed by atoms with Gasteiger partial charge in [-0.25, -0.2) is 4.98 Å². The molecule has 0 spiro atoms. The first-order valence-corrected chi connectivity index (χ1v) is 8.68. The Labute approximate surface area is 142 Å². The number of imidazole rings is 1. The molecule has 4 rings (SSSR count). The number of aromatic nitrogens is 2. The standard InChI is InChI=1S/C21H21N3/c1-15-20(11-12-22)24-13-5-9-18(21(24)23-15)14-17-8-4-7-16-6-2-3-10-19(16)17/h2-3,5-6,9-10,13,17H,4,7-8,11,14H2,1H3. The second-order valence-corrected chi connectivity index (χ2v) is 6.70. The van der Waals surface area contributed by atoms with E-state index in [9.17, 15) is 0 Å². The average Bonchev–Trinajstić information content (AvgIpc) is 2.93. The van der Waals surface area contributed by atoms with Gasteiger partial charge in [0.15, 0.2) is 0 Å². The molecule has 3 heteroatoms. The Bertz CT molecular complexity index is 930.